The molecule has 0 radical (unpaired) electrons. The maximum absolute atomic E-state index is 8.92. The van der Waals surface area contributed by atoms with Gasteiger partial charge in [0.2, 0.25) is 0 Å². The molecule has 0 aliphatic rings. The van der Waals surface area contributed by atoms with Crippen molar-refractivity contribution in [3.05, 3.63) is 0 Å². The summed E-state index contributed by atoms with van der Waals surface area (Å²) < 4.78 is 4.91. The fourth-order valence-electron chi connectivity index (χ4n) is 0.661. The normalized spacial score (nSPS) is 13.4. The molecule has 0 fully saturated rings. The molecule has 1 unspecified atom stereocenters. The lowest BCUT2D eigenvalue weighted by Crippen LogP contribution is -2.01. The summed E-state index contributed by atoms with van der Waals surface area (Å²) in [7, 11) is 1.72. The van der Waals surface area contributed by atoms with Gasteiger partial charge in [-0.2, -0.15) is 11.8 Å². The molecule has 0 amide bonds. The van der Waals surface area contributed by atoms with Crippen molar-refractivity contribution in [2.45, 2.75) is 25.9 Å². The smallest absolute Gasteiger partial charge is 0.0520 e. The fourth-order valence-corrected chi connectivity index (χ4v) is 1.70. The summed E-state index contributed by atoms with van der Waals surface area (Å²) in [5.41, 5.74) is 0. The predicted octanol–water partition coefficient (Wildman–Crippen LogP) is 1.53. The lowest BCUT2D eigenvalue weighted by atomic mass is 10.3. The highest BCUT2D eigenvalue weighted by Gasteiger charge is 1.94. The van der Waals surface area contributed by atoms with Crippen molar-refractivity contribution in [1.82, 2.24) is 0 Å². The van der Waals surface area contributed by atoms with Gasteiger partial charge in [0.25, 0.3) is 0 Å². The fraction of sp³-hybridized carbons (Fsp3) is 1.00. The number of thioether (sulfide) groups is 1. The van der Waals surface area contributed by atoms with E-state index in [2.05, 4.69) is 0 Å². The van der Waals surface area contributed by atoms with Gasteiger partial charge in [-0.1, -0.05) is 0 Å². The third kappa shape index (κ3) is 10.3. The SMILES string of the molecule is COCCCSCCC(C)O. The van der Waals surface area contributed by atoms with Gasteiger partial charge in [-0.25, -0.2) is 0 Å². The van der Waals surface area contributed by atoms with Crippen LogP contribution in [-0.2, 0) is 4.74 Å². The highest BCUT2D eigenvalue weighted by atomic mass is 32.2. The molecule has 0 bridgehead atoms. The summed E-state index contributed by atoms with van der Waals surface area (Å²) in [4.78, 5) is 0. The van der Waals surface area contributed by atoms with E-state index in [1.807, 2.05) is 18.7 Å². The van der Waals surface area contributed by atoms with Crippen LogP contribution >= 0.6 is 11.8 Å². The quantitative estimate of drug-likeness (QED) is 0.599. The van der Waals surface area contributed by atoms with E-state index in [9.17, 15) is 0 Å². The van der Waals surface area contributed by atoms with Crippen LogP contribution in [0.25, 0.3) is 0 Å². The van der Waals surface area contributed by atoms with E-state index in [1.165, 1.54) is 0 Å². The first kappa shape index (κ1) is 11.3. The Balaban J connectivity index is 2.80. The van der Waals surface area contributed by atoms with Crippen LogP contribution in [0.15, 0.2) is 0 Å². The summed E-state index contributed by atoms with van der Waals surface area (Å²) in [6, 6.07) is 0. The largest absolute Gasteiger partial charge is 0.393 e. The zero-order chi connectivity index (χ0) is 8.53. The number of rotatable bonds is 7. The van der Waals surface area contributed by atoms with Crippen LogP contribution in [0.3, 0.4) is 0 Å². The van der Waals surface area contributed by atoms with Crippen molar-refractivity contribution in [3.63, 3.8) is 0 Å². The average molecular weight is 178 g/mol. The molecule has 0 aliphatic heterocycles. The van der Waals surface area contributed by atoms with Crippen LogP contribution in [-0.4, -0.2) is 36.4 Å². The van der Waals surface area contributed by atoms with Crippen LogP contribution < -0.4 is 0 Å². The standard InChI is InChI=1S/C8H18O2S/c1-8(9)4-7-11-6-3-5-10-2/h8-9H,3-7H2,1-2H3. The molecule has 2 nitrogen and oxygen atoms in total. The predicted molar refractivity (Wildman–Crippen MR) is 50.1 cm³/mol. The van der Waals surface area contributed by atoms with E-state index in [1.54, 1.807) is 7.11 Å². The van der Waals surface area contributed by atoms with Gasteiger partial charge in [0.1, 0.15) is 0 Å². The third-order valence-corrected chi connectivity index (χ3v) is 2.42. The summed E-state index contributed by atoms with van der Waals surface area (Å²) in [6.07, 6.45) is 1.86. The van der Waals surface area contributed by atoms with E-state index < -0.39 is 0 Å². The van der Waals surface area contributed by atoms with E-state index in [-0.39, 0.29) is 6.10 Å². The molecule has 0 aromatic rings. The number of aliphatic hydroxyl groups is 1. The van der Waals surface area contributed by atoms with Gasteiger partial charge in [-0.3, -0.25) is 0 Å². The van der Waals surface area contributed by atoms with Crippen LogP contribution in [0.5, 0.6) is 0 Å². The molecule has 11 heavy (non-hydrogen) atoms. The molecule has 0 heterocycles. The molecular formula is C8H18O2S. The summed E-state index contributed by atoms with van der Waals surface area (Å²) in [5, 5.41) is 8.92. The first-order valence-electron chi connectivity index (χ1n) is 4.02. The maximum Gasteiger partial charge on any atom is 0.0520 e. The highest BCUT2D eigenvalue weighted by molar-refractivity contribution is 7.99. The molecule has 1 atom stereocenters. The van der Waals surface area contributed by atoms with E-state index in [0.717, 1.165) is 31.0 Å². The Morgan fingerprint density at radius 2 is 2.18 bits per heavy atom. The van der Waals surface area contributed by atoms with Crippen LogP contribution in [0, 0.1) is 0 Å². The summed E-state index contributed by atoms with van der Waals surface area (Å²) in [5.74, 6) is 2.20. The van der Waals surface area contributed by atoms with E-state index in [4.69, 9.17) is 9.84 Å². The molecule has 0 aromatic carbocycles. The molecule has 0 saturated carbocycles. The second-order valence-corrected chi connectivity index (χ2v) is 3.82. The Labute approximate surface area is 73.3 Å². The molecule has 68 valence electrons. The molecule has 0 spiro atoms. The van der Waals surface area contributed by atoms with Gasteiger partial charge >= 0.3 is 0 Å². The zero-order valence-corrected chi connectivity index (χ0v) is 8.19. The third-order valence-electron chi connectivity index (χ3n) is 1.32. The van der Waals surface area contributed by atoms with Crippen molar-refractivity contribution in [3.8, 4) is 0 Å². The maximum atomic E-state index is 8.92. The molecular weight excluding hydrogens is 160 g/mol. The number of hydrogen-bond acceptors (Lipinski definition) is 3. The Morgan fingerprint density at radius 1 is 1.45 bits per heavy atom. The minimum atomic E-state index is -0.148. The van der Waals surface area contributed by atoms with E-state index in [0.29, 0.717) is 0 Å². The molecule has 3 heteroatoms. The van der Waals surface area contributed by atoms with Gasteiger partial charge in [-0.05, 0) is 31.3 Å². The van der Waals surface area contributed by atoms with E-state index >= 15 is 0 Å². The van der Waals surface area contributed by atoms with Gasteiger partial charge in [0.15, 0.2) is 0 Å². The number of aliphatic hydroxyl groups excluding tert-OH is 1. The average Bonchev–Trinajstić information content (AvgIpc) is 1.96. The monoisotopic (exact) mass is 178 g/mol. The van der Waals surface area contributed by atoms with Gasteiger partial charge in [0, 0.05) is 13.7 Å². The molecule has 0 saturated heterocycles. The highest BCUT2D eigenvalue weighted by Crippen LogP contribution is 2.05. The molecule has 0 rings (SSSR count). The van der Waals surface area contributed by atoms with Crippen molar-refractivity contribution in [1.29, 1.82) is 0 Å². The van der Waals surface area contributed by atoms with Gasteiger partial charge in [-0.15, -0.1) is 0 Å². The first-order chi connectivity index (χ1) is 5.27. The van der Waals surface area contributed by atoms with Crippen molar-refractivity contribution >= 4 is 11.8 Å². The van der Waals surface area contributed by atoms with Gasteiger partial charge < -0.3 is 9.84 Å². The number of hydrogen-bond donors (Lipinski definition) is 1. The molecule has 1 N–H and O–H groups in total. The Morgan fingerprint density at radius 3 is 2.73 bits per heavy atom. The summed E-state index contributed by atoms with van der Waals surface area (Å²) >= 11 is 1.88. The Kier molecular flexibility index (Phi) is 8.57. The second kappa shape index (κ2) is 8.37. The van der Waals surface area contributed by atoms with Crippen LogP contribution in [0.1, 0.15) is 19.8 Å². The molecule has 0 aliphatic carbocycles. The Hall–Kier alpha value is 0.270. The van der Waals surface area contributed by atoms with Gasteiger partial charge in [0.05, 0.1) is 6.10 Å². The first-order valence-corrected chi connectivity index (χ1v) is 5.17. The number of methoxy groups -OCH3 is 1. The lowest BCUT2D eigenvalue weighted by molar-refractivity contribution is 0.192. The second-order valence-electron chi connectivity index (χ2n) is 2.60. The number of ether oxygens (including phenoxy) is 1. The van der Waals surface area contributed by atoms with Crippen molar-refractivity contribution < 1.29 is 9.84 Å². The van der Waals surface area contributed by atoms with Crippen molar-refractivity contribution in [2.24, 2.45) is 0 Å². The van der Waals surface area contributed by atoms with Crippen LogP contribution in [0.2, 0.25) is 0 Å². The summed E-state index contributed by atoms with van der Waals surface area (Å²) in [6.45, 7) is 2.68. The lowest BCUT2D eigenvalue weighted by Gasteiger charge is -2.02. The van der Waals surface area contributed by atoms with Crippen molar-refractivity contribution in [2.75, 3.05) is 25.2 Å². The topological polar surface area (TPSA) is 29.5 Å². The molecule has 0 aromatic heterocycles. The Bertz CT molecular complexity index is 76.5. The zero-order valence-electron chi connectivity index (χ0n) is 7.38. The minimum Gasteiger partial charge on any atom is -0.393 e. The minimum absolute atomic E-state index is 0.148. The van der Waals surface area contributed by atoms with Crippen LogP contribution in [0.4, 0.5) is 0 Å².